The van der Waals surface area contributed by atoms with Crippen molar-refractivity contribution in [3.8, 4) is 5.88 Å². The van der Waals surface area contributed by atoms with Gasteiger partial charge in [-0.05, 0) is 20.3 Å². The van der Waals surface area contributed by atoms with Gasteiger partial charge < -0.3 is 10.5 Å². The van der Waals surface area contributed by atoms with Crippen LogP contribution in [-0.2, 0) is 0 Å². The number of H-pyrrole nitrogens is 1. The minimum absolute atomic E-state index is 0. The molecule has 3 N–H and O–H groups in total. The second kappa shape index (κ2) is 6.29. The number of halogens is 1. The van der Waals surface area contributed by atoms with E-state index in [0.717, 1.165) is 0 Å². The molecule has 8 heteroatoms. The fourth-order valence-electron chi connectivity index (χ4n) is 1.06. The van der Waals surface area contributed by atoms with Gasteiger partial charge in [0.2, 0.25) is 0 Å². The molecule has 0 aromatic carbocycles. The summed E-state index contributed by atoms with van der Waals surface area (Å²) in [5.74, 6) is 0.0261. The molecule has 0 bridgehead atoms. The van der Waals surface area contributed by atoms with E-state index >= 15 is 0 Å². The molecule has 0 saturated carbocycles. The molecule has 0 saturated heterocycles. The zero-order valence-electron chi connectivity index (χ0n) is 9.10. The van der Waals surface area contributed by atoms with Crippen molar-refractivity contribution in [2.24, 2.45) is 5.73 Å². The molecule has 1 aromatic rings. The highest BCUT2D eigenvalue weighted by molar-refractivity contribution is 5.85. The molecule has 16 heavy (non-hydrogen) atoms. The molecule has 1 atom stereocenters. The zero-order chi connectivity index (χ0) is 11.4. The summed E-state index contributed by atoms with van der Waals surface area (Å²) in [6.07, 6.45) is 0.628. The minimum atomic E-state index is -0.514. The number of nitrogens with one attached hydrogen (secondary N) is 1. The van der Waals surface area contributed by atoms with Crippen molar-refractivity contribution in [2.75, 3.05) is 6.61 Å². The summed E-state index contributed by atoms with van der Waals surface area (Å²) in [7, 11) is 0. The molecular formula is C8H15ClN4O3. The maximum atomic E-state index is 10.6. The molecule has 0 aliphatic heterocycles. The third-order valence-electron chi connectivity index (χ3n) is 1.88. The van der Waals surface area contributed by atoms with E-state index in [9.17, 15) is 10.1 Å². The Bertz CT molecular complexity index is 353. The van der Waals surface area contributed by atoms with Crippen LogP contribution in [0.5, 0.6) is 5.88 Å². The van der Waals surface area contributed by atoms with Crippen molar-refractivity contribution in [1.82, 2.24) is 10.2 Å². The van der Waals surface area contributed by atoms with Gasteiger partial charge in [0.15, 0.2) is 0 Å². The van der Waals surface area contributed by atoms with E-state index < -0.39 is 4.92 Å². The molecule has 0 amide bonds. The van der Waals surface area contributed by atoms with Gasteiger partial charge in [0.05, 0.1) is 11.5 Å². The summed E-state index contributed by atoms with van der Waals surface area (Å²) in [5, 5.41) is 16.9. The minimum Gasteiger partial charge on any atom is -0.472 e. The molecule has 0 aliphatic carbocycles. The average Bonchev–Trinajstić information content (AvgIpc) is 2.46. The van der Waals surface area contributed by atoms with Crippen molar-refractivity contribution in [2.45, 2.75) is 26.3 Å². The van der Waals surface area contributed by atoms with Crippen LogP contribution in [0.25, 0.3) is 0 Å². The number of aryl methyl sites for hydroxylation is 1. The predicted octanol–water partition coefficient (Wildman–Crippen LogP) is 1.16. The summed E-state index contributed by atoms with van der Waals surface area (Å²) in [6, 6.07) is 0.00379. The number of nitrogens with zero attached hydrogens (tertiary/aromatic N) is 2. The Kier molecular flexibility index (Phi) is 5.76. The van der Waals surface area contributed by atoms with Gasteiger partial charge in [-0.2, -0.15) is 0 Å². The first-order chi connectivity index (χ1) is 7.02. The van der Waals surface area contributed by atoms with Crippen molar-refractivity contribution >= 4 is 18.1 Å². The van der Waals surface area contributed by atoms with Crippen molar-refractivity contribution < 1.29 is 9.66 Å². The number of ether oxygens (including phenoxy) is 1. The molecule has 7 nitrogen and oxygen atoms in total. The molecule has 0 unspecified atom stereocenters. The van der Waals surface area contributed by atoms with Gasteiger partial charge in [-0.3, -0.25) is 15.2 Å². The molecule has 92 valence electrons. The Morgan fingerprint density at radius 1 is 1.69 bits per heavy atom. The van der Waals surface area contributed by atoms with Gasteiger partial charge >= 0.3 is 11.6 Å². The number of hydrogen-bond donors (Lipinski definition) is 2. The van der Waals surface area contributed by atoms with Gasteiger partial charge in [0.1, 0.15) is 5.69 Å². The summed E-state index contributed by atoms with van der Waals surface area (Å²) >= 11 is 0. The lowest BCUT2D eigenvalue weighted by atomic mass is 10.3. The molecule has 0 spiro atoms. The lowest BCUT2D eigenvalue weighted by molar-refractivity contribution is -0.386. The number of rotatable bonds is 5. The summed E-state index contributed by atoms with van der Waals surface area (Å²) < 4.78 is 5.17. The fraction of sp³-hybridized carbons (Fsp3) is 0.625. The monoisotopic (exact) mass is 250 g/mol. The van der Waals surface area contributed by atoms with Crippen molar-refractivity contribution in [1.29, 1.82) is 0 Å². The third-order valence-corrected chi connectivity index (χ3v) is 1.88. The SMILES string of the molecule is Cc1[nH]nc(OCC[C@@H](C)N)c1[N+](=O)[O-].Cl. The maximum absolute atomic E-state index is 10.6. The highest BCUT2D eigenvalue weighted by Gasteiger charge is 2.22. The van der Waals surface area contributed by atoms with E-state index in [4.69, 9.17) is 10.5 Å². The fourth-order valence-corrected chi connectivity index (χ4v) is 1.06. The van der Waals surface area contributed by atoms with Crippen LogP contribution in [0.1, 0.15) is 19.0 Å². The Balaban J connectivity index is 0.00000225. The Morgan fingerprint density at radius 2 is 2.31 bits per heavy atom. The molecule has 0 radical (unpaired) electrons. The topological polar surface area (TPSA) is 107 Å². The van der Waals surface area contributed by atoms with Crippen LogP contribution >= 0.6 is 12.4 Å². The van der Waals surface area contributed by atoms with Crippen LogP contribution in [0.3, 0.4) is 0 Å². The number of hydrogen-bond acceptors (Lipinski definition) is 5. The van der Waals surface area contributed by atoms with E-state index in [1.54, 1.807) is 6.92 Å². The molecule has 0 aliphatic rings. The standard InChI is InChI=1S/C8H14N4O3.ClH/c1-5(9)3-4-15-8-7(12(13)14)6(2)10-11-8;/h5H,3-4,9H2,1-2H3,(H,10,11);1H/t5-;/m1./s1. The number of aromatic amines is 1. The predicted molar refractivity (Wildman–Crippen MR) is 61.0 cm³/mol. The lowest BCUT2D eigenvalue weighted by Gasteiger charge is -2.04. The van der Waals surface area contributed by atoms with Crippen LogP contribution in [0, 0.1) is 17.0 Å². The van der Waals surface area contributed by atoms with Gasteiger partial charge in [-0.25, -0.2) is 0 Å². The maximum Gasteiger partial charge on any atom is 0.352 e. The Hall–Kier alpha value is -1.34. The molecule has 1 aromatic heterocycles. The Labute approximate surface area is 98.9 Å². The van der Waals surface area contributed by atoms with E-state index in [0.29, 0.717) is 18.7 Å². The third kappa shape index (κ3) is 3.67. The van der Waals surface area contributed by atoms with Gasteiger partial charge in [0.25, 0.3) is 0 Å². The van der Waals surface area contributed by atoms with E-state index in [1.807, 2.05) is 6.92 Å². The largest absolute Gasteiger partial charge is 0.472 e. The zero-order valence-corrected chi connectivity index (χ0v) is 9.91. The van der Waals surface area contributed by atoms with Crippen LogP contribution in [0.2, 0.25) is 0 Å². The van der Waals surface area contributed by atoms with E-state index in [2.05, 4.69) is 10.2 Å². The van der Waals surface area contributed by atoms with Crippen LogP contribution in [-0.4, -0.2) is 27.8 Å². The van der Waals surface area contributed by atoms with Crippen LogP contribution in [0.15, 0.2) is 0 Å². The molecule has 1 rings (SSSR count). The second-order valence-corrected chi connectivity index (χ2v) is 3.37. The first kappa shape index (κ1) is 14.7. The highest BCUT2D eigenvalue weighted by atomic mass is 35.5. The number of nitro groups is 1. The number of nitrogens with two attached hydrogens (primary N) is 1. The highest BCUT2D eigenvalue weighted by Crippen LogP contribution is 2.27. The first-order valence-corrected chi connectivity index (χ1v) is 4.60. The van der Waals surface area contributed by atoms with Gasteiger partial charge in [-0.1, -0.05) is 0 Å². The van der Waals surface area contributed by atoms with E-state index in [-0.39, 0.29) is 30.0 Å². The summed E-state index contributed by atoms with van der Waals surface area (Å²) in [4.78, 5) is 10.1. The summed E-state index contributed by atoms with van der Waals surface area (Å²) in [5.41, 5.74) is 5.79. The molecule has 0 fully saturated rings. The van der Waals surface area contributed by atoms with Gasteiger partial charge in [-0.15, -0.1) is 17.5 Å². The quantitative estimate of drug-likeness (QED) is 0.602. The van der Waals surface area contributed by atoms with Crippen molar-refractivity contribution in [3.63, 3.8) is 0 Å². The normalized spacial score (nSPS) is 11.7. The second-order valence-electron chi connectivity index (χ2n) is 3.37. The molecule has 1 heterocycles. The van der Waals surface area contributed by atoms with E-state index in [1.165, 1.54) is 0 Å². The Morgan fingerprint density at radius 3 is 2.81 bits per heavy atom. The van der Waals surface area contributed by atoms with Crippen LogP contribution < -0.4 is 10.5 Å². The smallest absolute Gasteiger partial charge is 0.352 e. The molecular weight excluding hydrogens is 236 g/mol. The van der Waals surface area contributed by atoms with Crippen LogP contribution in [0.4, 0.5) is 5.69 Å². The average molecular weight is 251 g/mol. The van der Waals surface area contributed by atoms with Crippen molar-refractivity contribution in [3.05, 3.63) is 15.8 Å². The lowest BCUT2D eigenvalue weighted by Crippen LogP contribution is -2.18. The first-order valence-electron chi connectivity index (χ1n) is 4.60. The number of aromatic nitrogens is 2. The summed E-state index contributed by atoms with van der Waals surface area (Å²) in [6.45, 7) is 3.74. The van der Waals surface area contributed by atoms with Gasteiger partial charge in [0, 0.05) is 6.04 Å².